The molecule has 296 valence electrons. The molecule has 0 fully saturated rings. The molecule has 0 atom stereocenters. The van der Waals surface area contributed by atoms with Gasteiger partial charge in [0.05, 0.1) is 28.3 Å². The van der Waals surface area contributed by atoms with Gasteiger partial charge in [-0.3, -0.25) is 0 Å². The highest BCUT2D eigenvalue weighted by molar-refractivity contribution is 6.13. The predicted octanol–water partition coefficient (Wildman–Crippen LogP) is 16.7. The van der Waals surface area contributed by atoms with Gasteiger partial charge in [0.25, 0.3) is 0 Å². The van der Waals surface area contributed by atoms with E-state index < -0.39 is 0 Å². The quantitative estimate of drug-likeness (QED) is 0.159. The second kappa shape index (κ2) is 15.3. The Labute approximate surface area is 367 Å². The summed E-state index contributed by atoms with van der Waals surface area (Å²) in [6.45, 7) is 0. The van der Waals surface area contributed by atoms with Crippen molar-refractivity contribution in [3.63, 3.8) is 0 Å². The Balaban J connectivity index is 0.961. The summed E-state index contributed by atoms with van der Waals surface area (Å²) in [5.41, 5.74) is 18.7. The fourth-order valence-corrected chi connectivity index (χ4v) is 9.64. The first-order chi connectivity index (χ1) is 31.3. The molecule has 0 N–H and O–H groups in total. The van der Waals surface area contributed by atoms with Crippen LogP contribution in [0, 0.1) is 0 Å². The average molecular weight is 804 g/mol. The SMILES string of the molecule is c1ccc(N2c3ccccc3-c3c(n(-c4ccccc4)c4ccc(-c5ccc(-c6ccc(N(c7ccccc7)c7cccc8ccccc78)cc6)cc5)cc34)-c3ccccc32)cc1. The van der Waals surface area contributed by atoms with E-state index in [0.29, 0.717) is 0 Å². The first kappa shape index (κ1) is 36.5. The van der Waals surface area contributed by atoms with Gasteiger partial charge in [-0.05, 0) is 107 Å². The topological polar surface area (TPSA) is 11.4 Å². The number of para-hydroxylation sites is 5. The molecule has 63 heavy (non-hydrogen) atoms. The van der Waals surface area contributed by atoms with Gasteiger partial charge in [0.15, 0.2) is 0 Å². The zero-order valence-electron chi connectivity index (χ0n) is 34.5. The van der Waals surface area contributed by atoms with Crippen LogP contribution in [0.25, 0.3) is 72.0 Å². The van der Waals surface area contributed by atoms with Gasteiger partial charge >= 0.3 is 0 Å². The summed E-state index contributed by atoms with van der Waals surface area (Å²) in [6, 6.07) is 90.1. The van der Waals surface area contributed by atoms with Gasteiger partial charge in [0, 0.05) is 50.2 Å². The van der Waals surface area contributed by atoms with E-state index in [1.165, 1.54) is 66.3 Å². The highest BCUT2D eigenvalue weighted by atomic mass is 15.2. The summed E-state index contributed by atoms with van der Waals surface area (Å²) < 4.78 is 2.46. The smallest absolute Gasteiger partial charge is 0.0641 e. The van der Waals surface area contributed by atoms with Crippen molar-refractivity contribution in [2.24, 2.45) is 0 Å². The summed E-state index contributed by atoms with van der Waals surface area (Å²) in [4.78, 5) is 4.77. The normalized spacial score (nSPS) is 11.8. The van der Waals surface area contributed by atoms with Crippen LogP contribution in [0.4, 0.5) is 34.1 Å². The standard InChI is InChI=1S/C60H41N3/c1-4-19-47(20-5-1)61(55-30-16-18-45-17-10-11-25-51(45)55)50-38-35-43(36-39-50)42-31-33-44(34-32-42)46-37-40-58-54(41-46)59-52-26-12-14-28-56(52)62(48-21-6-2-7-22-48)57-29-15-13-27-53(57)60(59)63(58)49-23-8-3-9-24-49/h1-41H. The third-order valence-electron chi connectivity index (χ3n) is 12.5. The second-order valence-electron chi connectivity index (χ2n) is 16.1. The molecule has 1 aliphatic rings. The van der Waals surface area contributed by atoms with Crippen LogP contribution >= 0.6 is 0 Å². The van der Waals surface area contributed by atoms with E-state index in [1.807, 2.05) is 0 Å². The lowest BCUT2D eigenvalue weighted by molar-refractivity contribution is 1.13. The summed E-state index contributed by atoms with van der Waals surface area (Å²) in [5, 5.41) is 3.66. The van der Waals surface area contributed by atoms with Gasteiger partial charge in [-0.15, -0.1) is 0 Å². The summed E-state index contributed by atoms with van der Waals surface area (Å²) >= 11 is 0. The van der Waals surface area contributed by atoms with E-state index in [-0.39, 0.29) is 0 Å². The number of rotatable bonds is 7. The molecule has 12 rings (SSSR count). The molecule has 0 radical (unpaired) electrons. The highest BCUT2D eigenvalue weighted by Crippen LogP contribution is 2.54. The molecule has 3 heteroatoms. The zero-order valence-corrected chi connectivity index (χ0v) is 34.5. The van der Waals surface area contributed by atoms with Crippen molar-refractivity contribution in [3.8, 4) is 50.3 Å². The van der Waals surface area contributed by atoms with Crippen molar-refractivity contribution in [1.29, 1.82) is 0 Å². The van der Waals surface area contributed by atoms with Crippen LogP contribution in [0.5, 0.6) is 0 Å². The van der Waals surface area contributed by atoms with E-state index in [9.17, 15) is 0 Å². The molecule has 0 bridgehead atoms. The average Bonchev–Trinajstić information content (AvgIpc) is 3.63. The number of hydrogen-bond donors (Lipinski definition) is 0. The summed E-state index contributed by atoms with van der Waals surface area (Å²) in [5.74, 6) is 0. The van der Waals surface area contributed by atoms with Crippen LogP contribution in [0.1, 0.15) is 0 Å². The fourth-order valence-electron chi connectivity index (χ4n) is 9.64. The minimum Gasteiger partial charge on any atom is -0.310 e. The van der Waals surface area contributed by atoms with Crippen LogP contribution in [-0.2, 0) is 0 Å². The molecular formula is C60H41N3. The van der Waals surface area contributed by atoms with Crippen molar-refractivity contribution < 1.29 is 0 Å². The molecule has 1 aliphatic heterocycles. The maximum absolute atomic E-state index is 2.46. The van der Waals surface area contributed by atoms with Crippen molar-refractivity contribution in [2.75, 3.05) is 9.80 Å². The van der Waals surface area contributed by atoms with Gasteiger partial charge in [0.1, 0.15) is 0 Å². The molecule has 1 aromatic heterocycles. The van der Waals surface area contributed by atoms with Gasteiger partial charge in [-0.1, -0.05) is 170 Å². The van der Waals surface area contributed by atoms with Crippen LogP contribution in [-0.4, -0.2) is 4.57 Å². The number of hydrogen-bond acceptors (Lipinski definition) is 2. The molecule has 0 amide bonds. The molecule has 0 unspecified atom stereocenters. The lowest BCUT2D eigenvalue weighted by atomic mass is 9.95. The molecule has 0 aliphatic carbocycles. The molecule has 2 heterocycles. The Morgan fingerprint density at radius 3 is 1.56 bits per heavy atom. The van der Waals surface area contributed by atoms with Gasteiger partial charge in [-0.2, -0.15) is 0 Å². The second-order valence-corrected chi connectivity index (χ2v) is 16.1. The molecule has 0 spiro atoms. The van der Waals surface area contributed by atoms with Crippen molar-refractivity contribution >= 4 is 55.8 Å². The van der Waals surface area contributed by atoms with Crippen LogP contribution in [0.2, 0.25) is 0 Å². The molecule has 0 saturated heterocycles. The van der Waals surface area contributed by atoms with E-state index >= 15 is 0 Å². The lowest BCUT2D eigenvalue weighted by Gasteiger charge is -2.27. The van der Waals surface area contributed by atoms with Crippen LogP contribution < -0.4 is 9.80 Å². The molecule has 0 saturated carbocycles. The van der Waals surface area contributed by atoms with Crippen molar-refractivity contribution in [2.45, 2.75) is 0 Å². The monoisotopic (exact) mass is 803 g/mol. The number of nitrogens with zero attached hydrogens (tertiary/aromatic N) is 3. The number of benzene rings is 10. The Bertz CT molecular complexity index is 3420. The minimum absolute atomic E-state index is 1.11. The maximum Gasteiger partial charge on any atom is 0.0641 e. The van der Waals surface area contributed by atoms with Gasteiger partial charge < -0.3 is 14.4 Å². The fraction of sp³-hybridized carbons (Fsp3) is 0. The van der Waals surface area contributed by atoms with Crippen LogP contribution in [0.3, 0.4) is 0 Å². The van der Waals surface area contributed by atoms with Crippen molar-refractivity contribution in [1.82, 2.24) is 4.57 Å². The van der Waals surface area contributed by atoms with E-state index in [0.717, 1.165) is 39.8 Å². The molecule has 3 nitrogen and oxygen atoms in total. The summed E-state index contributed by atoms with van der Waals surface area (Å²) in [7, 11) is 0. The third-order valence-corrected chi connectivity index (χ3v) is 12.5. The zero-order chi connectivity index (χ0) is 41.7. The summed E-state index contributed by atoms with van der Waals surface area (Å²) in [6.07, 6.45) is 0. The minimum atomic E-state index is 1.11. The lowest BCUT2D eigenvalue weighted by Crippen LogP contribution is -2.11. The highest BCUT2D eigenvalue weighted by Gasteiger charge is 2.31. The molecular weight excluding hydrogens is 763 g/mol. The van der Waals surface area contributed by atoms with E-state index in [1.54, 1.807) is 0 Å². The Morgan fingerprint density at radius 2 is 0.841 bits per heavy atom. The van der Waals surface area contributed by atoms with E-state index in [2.05, 4.69) is 263 Å². The van der Waals surface area contributed by atoms with Gasteiger partial charge in [-0.25, -0.2) is 0 Å². The molecule has 11 aromatic rings. The van der Waals surface area contributed by atoms with Gasteiger partial charge in [0.2, 0.25) is 0 Å². The third kappa shape index (κ3) is 6.21. The number of fused-ring (bicyclic) bond motifs is 8. The predicted molar refractivity (Wildman–Crippen MR) is 265 cm³/mol. The van der Waals surface area contributed by atoms with Crippen LogP contribution in [0.15, 0.2) is 249 Å². The first-order valence-electron chi connectivity index (χ1n) is 21.6. The Morgan fingerprint density at radius 1 is 0.333 bits per heavy atom. The Hall–Kier alpha value is -8.40. The first-order valence-corrected chi connectivity index (χ1v) is 21.6. The van der Waals surface area contributed by atoms with Crippen molar-refractivity contribution in [3.05, 3.63) is 249 Å². The van der Waals surface area contributed by atoms with E-state index in [4.69, 9.17) is 0 Å². The molecule has 10 aromatic carbocycles. The number of anilines is 6. The Kier molecular flexibility index (Phi) is 8.83. The maximum atomic E-state index is 2.46. The largest absolute Gasteiger partial charge is 0.310 e. The number of aromatic nitrogens is 1.